The Morgan fingerprint density at radius 2 is 1.74 bits per heavy atom. The van der Waals surface area contributed by atoms with Crippen LogP contribution < -0.4 is 4.74 Å². The zero-order valence-corrected chi connectivity index (χ0v) is 16.3. The lowest BCUT2D eigenvalue weighted by Gasteiger charge is -2.30. The van der Waals surface area contributed by atoms with E-state index in [1.807, 2.05) is 57.2 Å². The first-order chi connectivity index (χ1) is 12.9. The molecule has 0 N–H and O–H groups in total. The lowest BCUT2D eigenvalue weighted by atomic mass is 9.98. The van der Waals surface area contributed by atoms with E-state index in [-0.39, 0.29) is 6.09 Å². The van der Waals surface area contributed by atoms with Crippen LogP contribution in [0.5, 0.6) is 5.75 Å². The summed E-state index contributed by atoms with van der Waals surface area (Å²) >= 11 is 0. The van der Waals surface area contributed by atoms with Gasteiger partial charge in [-0.3, -0.25) is 0 Å². The molecule has 0 spiro atoms. The van der Waals surface area contributed by atoms with E-state index >= 15 is 0 Å². The molecule has 2 aromatic rings. The minimum atomic E-state index is -0.473. The standard InChI is InChI=1S/C23H27NO3/c1-23(2,3)27-22(25)24-15-13-19(14-16-24)20-11-7-8-12-21(20)26-17-18-9-5-4-6-10-18/h4-13H,14-17H2,1-3H3. The predicted octanol–water partition coefficient (Wildman–Crippen LogP) is 5.29. The summed E-state index contributed by atoms with van der Waals surface area (Å²) in [5.74, 6) is 0.873. The Labute approximate surface area is 161 Å². The van der Waals surface area contributed by atoms with Crippen LogP contribution in [-0.4, -0.2) is 29.7 Å². The first-order valence-electron chi connectivity index (χ1n) is 9.35. The van der Waals surface area contributed by atoms with Gasteiger partial charge in [-0.1, -0.05) is 54.6 Å². The van der Waals surface area contributed by atoms with Crippen LogP contribution >= 0.6 is 0 Å². The molecule has 1 amide bonds. The van der Waals surface area contributed by atoms with Crippen molar-refractivity contribution in [3.8, 4) is 5.75 Å². The molecule has 0 unspecified atom stereocenters. The molecule has 0 aromatic heterocycles. The highest BCUT2D eigenvalue weighted by Gasteiger charge is 2.24. The quantitative estimate of drug-likeness (QED) is 0.739. The number of rotatable bonds is 4. The summed E-state index contributed by atoms with van der Waals surface area (Å²) in [4.78, 5) is 14.0. The van der Waals surface area contributed by atoms with Gasteiger partial charge in [0, 0.05) is 18.7 Å². The molecule has 0 bridgehead atoms. The zero-order chi connectivity index (χ0) is 19.3. The van der Waals surface area contributed by atoms with Crippen LogP contribution in [0.25, 0.3) is 5.57 Å². The summed E-state index contributed by atoms with van der Waals surface area (Å²) in [5.41, 5.74) is 2.97. The first kappa shape index (κ1) is 19.0. The number of para-hydroxylation sites is 1. The summed E-state index contributed by atoms with van der Waals surface area (Å²) < 4.78 is 11.5. The van der Waals surface area contributed by atoms with Crippen LogP contribution in [-0.2, 0) is 11.3 Å². The third-order valence-electron chi connectivity index (χ3n) is 4.33. The molecule has 0 aliphatic carbocycles. The van der Waals surface area contributed by atoms with E-state index in [0.717, 1.165) is 23.3 Å². The highest BCUT2D eigenvalue weighted by molar-refractivity contribution is 5.75. The molecule has 0 fully saturated rings. The van der Waals surface area contributed by atoms with Crippen molar-refractivity contribution in [3.63, 3.8) is 0 Å². The average Bonchev–Trinajstić information content (AvgIpc) is 2.66. The summed E-state index contributed by atoms with van der Waals surface area (Å²) in [5, 5.41) is 0. The van der Waals surface area contributed by atoms with Gasteiger partial charge in [-0.15, -0.1) is 0 Å². The lowest BCUT2D eigenvalue weighted by molar-refractivity contribution is 0.0270. The fourth-order valence-electron chi connectivity index (χ4n) is 3.00. The molecule has 1 aliphatic heterocycles. The second-order valence-electron chi connectivity index (χ2n) is 7.68. The molecular weight excluding hydrogens is 338 g/mol. The predicted molar refractivity (Wildman–Crippen MR) is 108 cm³/mol. The summed E-state index contributed by atoms with van der Waals surface area (Å²) in [6, 6.07) is 18.2. The van der Waals surface area contributed by atoms with Crippen molar-refractivity contribution < 1.29 is 14.3 Å². The third kappa shape index (κ3) is 5.36. The van der Waals surface area contributed by atoms with Gasteiger partial charge in [0.2, 0.25) is 0 Å². The summed E-state index contributed by atoms with van der Waals surface area (Å²) in [7, 11) is 0. The molecule has 27 heavy (non-hydrogen) atoms. The summed E-state index contributed by atoms with van der Waals surface area (Å²) in [6.45, 7) is 7.39. The van der Waals surface area contributed by atoms with Gasteiger partial charge in [0.05, 0.1) is 0 Å². The van der Waals surface area contributed by atoms with Gasteiger partial charge < -0.3 is 14.4 Å². The van der Waals surface area contributed by atoms with Crippen LogP contribution in [0.2, 0.25) is 0 Å². The first-order valence-corrected chi connectivity index (χ1v) is 9.35. The average molecular weight is 365 g/mol. The summed E-state index contributed by atoms with van der Waals surface area (Å²) in [6.07, 6.45) is 2.62. The molecule has 1 heterocycles. The fourth-order valence-corrected chi connectivity index (χ4v) is 3.00. The third-order valence-corrected chi connectivity index (χ3v) is 4.33. The van der Waals surface area contributed by atoms with Crippen LogP contribution in [0.3, 0.4) is 0 Å². The van der Waals surface area contributed by atoms with Gasteiger partial charge in [0.15, 0.2) is 0 Å². The smallest absolute Gasteiger partial charge is 0.410 e. The van der Waals surface area contributed by atoms with E-state index in [1.165, 1.54) is 5.57 Å². The number of carbonyl (C=O) groups is 1. The zero-order valence-electron chi connectivity index (χ0n) is 16.3. The maximum Gasteiger partial charge on any atom is 0.410 e. The van der Waals surface area contributed by atoms with Gasteiger partial charge in [0.25, 0.3) is 0 Å². The Hall–Kier alpha value is -2.75. The highest BCUT2D eigenvalue weighted by Crippen LogP contribution is 2.31. The topological polar surface area (TPSA) is 38.8 Å². The Kier molecular flexibility index (Phi) is 5.84. The number of nitrogens with zero attached hydrogens (tertiary/aromatic N) is 1. The number of benzene rings is 2. The highest BCUT2D eigenvalue weighted by atomic mass is 16.6. The van der Waals surface area contributed by atoms with Crippen molar-refractivity contribution >= 4 is 11.7 Å². The molecular formula is C23H27NO3. The van der Waals surface area contributed by atoms with Crippen LogP contribution in [0.1, 0.15) is 38.3 Å². The Morgan fingerprint density at radius 1 is 1.04 bits per heavy atom. The second kappa shape index (κ2) is 8.30. The molecule has 4 heteroatoms. The van der Waals surface area contributed by atoms with Crippen molar-refractivity contribution in [1.82, 2.24) is 4.90 Å². The monoisotopic (exact) mass is 365 g/mol. The SMILES string of the molecule is CC(C)(C)OC(=O)N1CC=C(c2ccccc2OCc2ccccc2)CC1. The second-order valence-corrected chi connectivity index (χ2v) is 7.68. The van der Waals surface area contributed by atoms with Crippen molar-refractivity contribution in [1.29, 1.82) is 0 Å². The number of ether oxygens (including phenoxy) is 2. The van der Waals surface area contributed by atoms with E-state index in [2.05, 4.69) is 24.3 Å². The van der Waals surface area contributed by atoms with E-state index in [0.29, 0.717) is 19.7 Å². The molecule has 0 atom stereocenters. The van der Waals surface area contributed by atoms with Crippen molar-refractivity contribution in [3.05, 3.63) is 71.8 Å². The van der Waals surface area contributed by atoms with Crippen LogP contribution in [0.15, 0.2) is 60.7 Å². The van der Waals surface area contributed by atoms with Crippen molar-refractivity contribution in [2.24, 2.45) is 0 Å². The number of hydrogen-bond acceptors (Lipinski definition) is 3. The fraction of sp³-hybridized carbons (Fsp3) is 0.348. The Bertz CT molecular complexity index is 806. The largest absolute Gasteiger partial charge is 0.488 e. The van der Waals surface area contributed by atoms with Gasteiger partial charge in [-0.25, -0.2) is 4.79 Å². The van der Waals surface area contributed by atoms with E-state index in [9.17, 15) is 4.79 Å². The normalized spacial score (nSPS) is 14.5. The van der Waals surface area contributed by atoms with E-state index in [4.69, 9.17) is 9.47 Å². The molecule has 2 aromatic carbocycles. The molecule has 4 nitrogen and oxygen atoms in total. The maximum atomic E-state index is 12.2. The van der Waals surface area contributed by atoms with E-state index < -0.39 is 5.60 Å². The molecule has 3 rings (SSSR count). The van der Waals surface area contributed by atoms with Gasteiger partial charge in [-0.2, -0.15) is 0 Å². The minimum Gasteiger partial charge on any atom is -0.488 e. The van der Waals surface area contributed by atoms with Crippen molar-refractivity contribution in [2.75, 3.05) is 13.1 Å². The maximum absolute atomic E-state index is 12.2. The lowest BCUT2D eigenvalue weighted by Crippen LogP contribution is -2.39. The van der Waals surface area contributed by atoms with Gasteiger partial charge in [0.1, 0.15) is 18.0 Å². The molecule has 1 aliphatic rings. The Morgan fingerprint density at radius 3 is 2.41 bits per heavy atom. The van der Waals surface area contributed by atoms with Crippen LogP contribution in [0, 0.1) is 0 Å². The molecule has 0 saturated carbocycles. The number of amides is 1. The van der Waals surface area contributed by atoms with Crippen LogP contribution in [0.4, 0.5) is 4.79 Å². The molecule has 0 radical (unpaired) electrons. The Balaban J connectivity index is 1.68. The van der Waals surface area contributed by atoms with Gasteiger partial charge >= 0.3 is 6.09 Å². The van der Waals surface area contributed by atoms with E-state index in [1.54, 1.807) is 4.90 Å². The minimum absolute atomic E-state index is 0.258. The number of carbonyl (C=O) groups excluding carboxylic acids is 1. The molecule has 142 valence electrons. The van der Waals surface area contributed by atoms with Gasteiger partial charge in [-0.05, 0) is 44.4 Å². The van der Waals surface area contributed by atoms with Crippen molar-refractivity contribution in [2.45, 2.75) is 39.4 Å². The number of hydrogen-bond donors (Lipinski definition) is 0. The molecule has 0 saturated heterocycles.